The Kier molecular flexibility index (Phi) is 7.68. The van der Waals surface area contributed by atoms with Crippen molar-refractivity contribution in [1.82, 2.24) is 19.9 Å². The second-order valence-electron chi connectivity index (χ2n) is 10.7. The molecule has 4 aromatic rings. The van der Waals surface area contributed by atoms with Gasteiger partial charge in [-0.25, -0.2) is 9.78 Å². The average molecular weight is 505 g/mol. The second kappa shape index (κ2) is 10.8. The van der Waals surface area contributed by atoms with E-state index in [0.29, 0.717) is 26.4 Å². The molecule has 0 atom stereocenters. The van der Waals surface area contributed by atoms with Gasteiger partial charge in [-0.1, -0.05) is 30.3 Å². The third kappa shape index (κ3) is 6.77. The lowest BCUT2D eigenvalue weighted by atomic mass is 10.1. The quantitative estimate of drug-likeness (QED) is 0.301. The van der Waals surface area contributed by atoms with E-state index in [9.17, 15) is 4.79 Å². The molecule has 0 saturated heterocycles. The van der Waals surface area contributed by atoms with Crippen molar-refractivity contribution in [2.24, 2.45) is 0 Å². The van der Waals surface area contributed by atoms with E-state index in [4.69, 9.17) is 19.2 Å². The van der Waals surface area contributed by atoms with Crippen LogP contribution in [0.4, 0.5) is 4.79 Å². The molecule has 2 aromatic carbocycles. The van der Waals surface area contributed by atoms with Gasteiger partial charge < -0.3 is 24.1 Å². The van der Waals surface area contributed by atoms with Gasteiger partial charge in [0.05, 0.1) is 23.8 Å². The number of imidazole rings is 1. The minimum atomic E-state index is -0.819. The smallest absolute Gasteiger partial charge is 0.408 e. The molecule has 0 aliphatic rings. The van der Waals surface area contributed by atoms with Crippen LogP contribution in [0, 0.1) is 0 Å². The SMILES string of the molecule is CCOCc1nc2cnc3ccc(OCc4ccccc4)cc3c2n1CC(C)(C)OC(=O)NC(C)(C)C. The number of aromatic nitrogens is 3. The lowest BCUT2D eigenvalue weighted by Gasteiger charge is -2.29. The summed E-state index contributed by atoms with van der Waals surface area (Å²) in [6.45, 7) is 13.2. The monoisotopic (exact) mass is 504 g/mol. The third-order valence-electron chi connectivity index (χ3n) is 5.69. The number of benzene rings is 2. The van der Waals surface area contributed by atoms with E-state index in [1.807, 2.05) is 90.1 Å². The Morgan fingerprint density at radius 2 is 1.76 bits per heavy atom. The van der Waals surface area contributed by atoms with Crippen molar-refractivity contribution in [3.63, 3.8) is 0 Å². The molecule has 37 heavy (non-hydrogen) atoms. The summed E-state index contributed by atoms with van der Waals surface area (Å²) in [5.41, 5.74) is 2.35. The molecule has 0 saturated carbocycles. The molecular weight excluding hydrogens is 468 g/mol. The molecule has 2 aromatic heterocycles. The second-order valence-corrected chi connectivity index (χ2v) is 10.7. The molecule has 2 heterocycles. The number of carbonyl (C=O) groups excluding carboxylic acids is 1. The molecule has 0 unspecified atom stereocenters. The fraction of sp³-hybridized carbons (Fsp3) is 0.414. The van der Waals surface area contributed by atoms with Gasteiger partial charge >= 0.3 is 6.09 Å². The van der Waals surface area contributed by atoms with Crippen LogP contribution >= 0.6 is 0 Å². The van der Waals surface area contributed by atoms with Crippen molar-refractivity contribution >= 4 is 28.0 Å². The molecule has 0 radical (unpaired) electrons. The number of hydrogen-bond donors (Lipinski definition) is 1. The highest BCUT2D eigenvalue weighted by Crippen LogP contribution is 2.30. The number of carbonyl (C=O) groups is 1. The molecule has 1 N–H and O–H groups in total. The summed E-state index contributed by atoms with van der Waals surface area (Å²) >= 11 is 0. The standard InChI is InChI=1S/C29H36N4O4/c1-7-35-18-25-31-24-16-30-23-14-13-21(36-17-20-11-9-8-10-12-20)15-22(23)26(24)33(25)19-29(5,6)37-27(34)32-28(2,3)4/h8-16H,7,17-19H2,1-6H3,(H,32,34). The Morgan fingerprint density at radius 1 is 1.00 bits per heavy atom. The zero-order valence-electron chi connectivity index (χ0n) is 22.5. The first-order valence-corrected chi connectivity index (χ1v) is 12.6. The maximum atomic E-state index is 12.6. The van der Waals surface area contributed by atoms with Crippen LogP contribution < -0.4 is 10.1 Å². The Hall–Kier alpha value is -3.65. The van der Waals surface area contributed by atoms with E-state index in [1.165, 1.54) is 0 Å². The molecule has 1 amide bonds. The Morgan fingerprint density at radius 3 is 2.46 bits per heavy atom. The van der Waals surface area contributed by atoms with Crippen molar-refractivity contribution < 1.29 is 19.0 Å². The van der Waals surface area contributed by atoms with E-state index in [0.717, 1.165) is 39.1 Å². The number of alkyl carbamates (subject to hydrolysis) is 1. The summed E-state index contributed by atoms with van der Waals surface area (Å²) in [6.07, 6.45) is 1.31. The van der Waals surface area contributed by atoms with Crippen molar-refractivity contribution in [2.45, 2.75) is 72.4 Å². The largest absolute Gasteiger partial charge is 0.489 e. The van der Waals surface area contributed by atoms with Gasteiger partial charge in [0.2, 0.25) is 0 Å². The van der Waals surface area contributed by atoms with Crippen molar-refractivity contribution in [3.8, 4) is 5.75 Å². The number of fused-ring (bicyclic) bond motifs is 3. The summed E-state index contributed by atoms with van der Waals surface area (Å²) in [6, 6.07) is 15.9. The van der Waals surface area contributed by atoms with Crippen LogP contribution in [0.15, 0.2) is 54.7 Å². The van der Waals surface area contributed by atoms with Gasteiger partial charge in [0.1, 0.15) is 35.9 Å². The minimum Gasteiger partial charge on any atom is -0.489 e. The molecule has 8 nitrogen and oxygen atoms in total. The average Bonchev–Trinajstić information content (AvgIpc) is 3.17. The van der Waals surface area contributed by atoms with Crippen molar-refractivity contribution in [1.29, 1.82) is 0 Å². The Bertz CT molecular complexity index is 1370. The maximum absolute atomic E-state index is 12.6. The third-order valence-corrected chi connectivity index (χ3v) is 5.69. The molecule has 196 valence electrons. The van der Waals surface area contributed by atoms with Gasteiger partial charge in [0, 0.05) is 17.5 Å². The van der Waals surface area contributed by atoms with E-state index < -0.39 is 17.2 Å². The highest BCUT2D eigenvalue weighted by atomic mass is 16.6. The van der Waals surface area contributed by atoms with Crippen molar-refractivity contribution in [3.05, 3.63) is 66.1 Å². The maximum Gasteiger partial charge on any atom is 0.408 e. The van der Waals surface area contributed by atoms with Gasteiger partial charge in [0.25, 0.3) is 0 Å². The van der Waals surface area contributed by atoms with E-state index in [2.05, 4.69) is 14.9 Å². The molecule has 0 aliphatic carbocycles. The minimum absolute atomic E-state index is 0.334. The molecule has 8 heteroatoms. The number of pyridine rings is 1. The number of rotatable bonds is 9. The van der Waals surface area contributed by atoms with Gasteiger partial charge in [-0.05, 0) is 65.3 Å². The van der Waals surface area contributed by atoms with Gasteiger partial charge in [-0.3, -0.25) is 4.98 Å². The first-order valence-electron chi connectivity index (χ1n) is 12.6. The lowest BCUT2D eigenvalue weighted by Crippen LogP contribution is -2.45. The van der Waals surface area contributed by atoms with Gasteiger partial charge in [-0.2, -0.15) is 0 Å². The Labute approximate surface area is 218 Å². The number of nitrogens with zero attached hydrogens (tertiary/aromatic N) is 3. The normalized spacial score (nSPS) is 12.2. The number of nitrogens with one attached hydrogen (secondary N) is 1. The summed E-state index contributed by atoms with van der Waals surface area (Å²) in [4.78, 5) is 22.0. The highest BCUT2D eigenvalue weighted by Gasteiger charge is 2.28. The number of ether oxygens (including phenoxy) is 3. The number of amides is 1. The predicted octanol–water partition coefficient (Wildman–Crippen LogP) is 6.00. The fourth-order valence-electron chi connectivity index (χ4n) is 4.14. The number of hydrogen-bond acceptors (Lipinski definition) is 6. The van der Waals surface area contributed by atoms with E-state index >= 15 is 0 Å². The summed E-state index contributed by atoms with van der Waals surface area (Å²) in [7, 11) is 0. The summed E-state index contributed by atoms with van der Waals surface area (Å²) in [5.74, 6) is 1.49. The zero-order chi connectivity index (χ0) is 26.6. The molecule has 0 spiro atoms. The topological polar surface area (TPSA) is 87.5 Å². The van der Waals surface area contributed by atoms with Crippen LogP contribution in [0.2, 0.25) is 0 Å². The van der Waals surface area contributed by atoms with Gasteiger partial charge in [-0.15, -0.1) is 0 Å². The first-order chi connectivity index (χ1) is 17.5. The predicted molar refractivity (Wildman–Crippen MR) is 145 cm³/mol. The molecular formula is C29H36N4O4. The van der Waals surface area contributed by atoms with Gasteiger partial charge in [0.15, 0.2) is 0 Å². The highest BCUT2D eigenvalue weighted by molar-refractivity contribution is 6.02. The summed E-state index contributed by atoms with van der Waals surface area (Å²) < 4.78 is 19.7. The lowest BCUT2D eigenvalue weighted by molar-refractivity contribution is 0.0215. The van der Waals surface area contributed by atoms with E-state index in [1.54, 1.807) is 6.20 Å². The zero-order valence-corrected chi connectivity index (χ0v) is 22.5. The Balaban J connectivity index is 1.72. The fourth-order valence-corrected chi connectivity index (χ4v) is 4.14. The van der Waals surface area contributed by atoms with Crippen LogP contribution in [0.25, 0.3) is 21.9 Å². The summed E-state index contributed by atoms with van der Waals surface area (Å²) in [5, 5.41) is 3.78. The van der Waals surface area contributed by atoms with Crippen LogP contribution in [-0.2, 0) is 29.2 Å². The van der Waals surface area contributed by atoms with Crippen molar-refractivity contribution in [2.75, 3.05) is 6.61 Å². The molecule has 0 bridgehead atoms. The molecule has 0 fully saturated rings. The first kappa shape index (κ1) is 26.4. The van der Waals surface area contributed by atoms with Crippen LogP contribution in [0.5, 0.6) is 5.75 Å². The van der Waals surface area contributed by atoms with Crippen LogP contribution in [0.3, 0.4) is 0 Å². The van der Waals surface area contributed by atoms with Crippen LogP contribution in [0.1, 0.15) is 52.9 Å². The molecule has 4 rings (SSSR count). The van der Waals surface area contributed by atoms with Crippen LogP contribution in [-0.4, -0.2) is 38.4 Å². The van der Waals surface area contributed by atoms with E-state index in [-0.39, 0.29) is 0 Å². The molecule has 0 aliphatic heterocycles.